The monoisotopic (exact) mass is 564 g/mol. The molecule has 0 aliphatic carbocycles. The molecule has 1 aromatic rings. The average molecular weight is 565 g/mol. The van der Waals surface area contributed by atoms with Crippen LogP contribution in [0.3, 0.4) is 0 Å². The van der Waals surface area contributed by atoms with E-state index in [9.17, 15) is 24.9 Å². The predicted octanol–water partition coefficient (Wildman–Crippen LogP) is 5.14. The van der Waals surface area contributed by atoms with Gasteiger partial charge in [-0.15, -0.1) is 0 Å². The van der Waals surface area contributed by atoms with Crippen LogP contribution in [0.1, 0.15) is 33.3 Å². The van der Waals surface area contributed by atoms with E-state index in [1.165, 1.54) is 37.4 Å². The molecule has 0 saturated heterocycles. The summed E-state index contributed by atoms with van der Waals surface area (Å²) in [6.07, 6.45) is 0.0747. The van der Waals surface area contributed by atoms with Crippen molar-refractivity contribution >= 4 is 64.8 Å². The zero-order chi connectivity index (χ0) is 26.4. The molecule has 0 radical (unpaired) electrons. The van der Waals surface area contributed by atoms with E-state index < -0.39 is 11.9 Å². The number of nitriles is 2. The van der Waals surface area contributed by atoms with Crippen LogP contribution in [-0.4, -0.2) is 37.5 Å². The second-order valence-electron chi connectivity index (χ2n) is 7.05. The molecule has 0 spiro atoms. The van der Waals surface area contributed by atoms with Gasteiger partial charge in [0.2, 0.25) is 0 Å². The number of fused-ring (bicyclic) bond motifs is 2. The SMILES string of the molecule is CCOOC/C(C#N)=C1\Sc2c(CC(C)=O)c3c(c(OC(C)=O)c2S1)S/C(=C(/C#N)C(=O)OCC)S3. The van der Waals surface area contributed by atoms with E-state index in [0.717, 1.165) is 23.5 Å². The fourth-order valence-corrected chi connectivity index (χ4v) is 8.56. The number of carbonyl (C=O) groups is 3. The van der Waals surface area contributed by atoms with Gasteiger partial charge < -0.3 is 9.47 Å². The number of Topliss-reactive ketones (excluding diaryl/α,β-unsaturated/α-hetero) is 1. The molecule has 0 aromatic heterocycles. The van der Waals surface area contributed by atoms with Crippen molar-refractivity contribution in [2.75, 3.05) is 19.8 Å². The third kappa shape index (κ3) is 6.11. The highest BCUT2D eigenvalue weighted by Gasteiger charge is 2.38. The lowest BCUT2D eigenvalue weighted by molar-refractivity contribution is -0.283. The standard InChI is InChI=1S/C23H20N2O7S4/c1-5-29-21(28)15(9-25)23-34-18-14(7-11(3)26)17-19(16(20(18)36-23)32-12(4)27)35-22(33-17)13(8-24)10-31-30-6-2/h5-7,10H2,1-4H3/b22-13+,23-15-. The Hall–Kier alpha value is -2.39. The minimum absolute atomic E-state index is 0.0697. The summed E-state index contributed by atoms with van der Waals surface area (Å²) in [7, 11) is 0. The first-order valence-corrected chi connectivity index (χ1v) is 13.8. The van der Waals surface area contributed by atoms with E-state index in [1.54, 1.807) is 13.8 Å². The molecule has 0 fully saturated rings. The maximum atomic E-state index is 12.4. The van der Waals surface area contributed by atoms with Gasteiger partial charge in [-0.05, 0) is 26.3 Å². The first-order chi connectivity index (χ1) is 17.2. The molecular weight excluding hydrogens is 545 g/mol. The molecule has 3 rings (SSSR count). The molecule has 0 bridgehead atoms. The van der Waals surface area contributed by atoms with E-state index in [4.69, 9.17) is 19.2 Å². The van der Waals surface area contributed by atoms with Gasteiger partial charge in [0.1, 0.15) is 18.5 Å². The van der Waals surface area contributed by atoms with E-state index in [0.29, 0.717) is 45.8 Å². The van der Waals surface area contributed by atoms with Crippen molar-refractivity contribution in [1.29, 1.82) is 10.5 Å². The number of benzene rings is 1. The lowest BCUT2D eigenvalue weighted by Gasteiger charge is -2.15. The molecule has 36 heavy (non-hydrogen) atoms. The Morgan fingerprint density at radius 1 is 0.833 bits per heavy atom. The number of nitrogens with zero attached hydrogens (tertiary/aromatic N) is 2. The Morgan fingerprint density at radius 2 is 1.44 bits per heavy atom. The Morgan fingerprint density at radius 3 is 1.97 bits per heavy atom. The van der Waals surface area contributed by atoms with Crippen LogP contribution < -0.4 is 4.74 Å². The van der Waals surface area contributed by atoms with Gasteiger partial charge in [-0.1, -0.05) is 47.0 Å². The first-order valence-electron chi connectivity index (χ1n) is 10.6. The van der Waals surface area contributed by atoms with Crippen molar-refractivity contribution in [3.05, 3.63) is 25.2 Å². The summed E-state index contributed by atoms with van der Waals surface area (Å²) in [5.74, 6) is -1.16. The Labute approximate surface area is 224 Å². The fraction of sp³-hybridized carbons (Fsp3) is 0.348. The van der Waals surface area contributed by atoms with Gasteiger partial charge in [-0.25, -0.2) is 14.6 Å². The zero-order valence-electron chi connectivity index (χ0n) is 19.7. The Balaban J connectivity index is 2.20. The fourth-order valence-electron chi connectivity index (χ4n) is 3.07. The molecule has 2 aliphatic rings. The zero-order valence-corrected chi connectivity index (χ0v) is 23.0. The van der Waals surface area contributed by atoms with Crippen LogP contribution in [0.2, 0.25) is 0 Å². The highest BCUT2D eigenvalue weighted by atomic mass is 32.2. The summed E-state index contributed by atoms with van der Waals surface area (Å²) in [5.41, 5.74) is 0.839. The van der Waals surface area contributed by atoms with Gasteiger partial charge in [-0.2, -0.15) is 10.5 Å². The molecule has 0 unspecified atom stereocenters. The number of esters is 2. The molecule has 0 atom stereocenters. The molecule has 0 amide bonds. The number of rotatable bonds is 9. The summed E-state index contributed by atoms with van der Waals surface area (Å²) in [4.78, 5) is 49.0. The lowest BCUT2D eigenvalue weighted by Crippen LogP contribution is -2.07. The van der Waals surface area contributed by atoms with Crippen LogP contribution in [0.4, 0.5) is 0 Å². The third-order valence-electron chi connectivity index (χ3n) is 4.40. The molecule has 188 valence electrons. The molecule has 13 heteroatoms. The van der Waals surface area contributed by atoms with Crippen LogP contribution in [0, 0.1) is 22.7 Å². The minimum Gasteiger partial charge on any atom is -0.462 e. The molecule has 2 aliphatic heterocycles. The van der Waals surface area contributed by atoms with Gasteiger partial charge >= 0.3 is 11.9 Å². The van der Waals surface area contributed by atoms with Crippen molar-refractivity contribution < 1.29 is 33.6 Å². The first kappa shape index (κ1) is 28.2. The molecule has 0 N–H and O–H groups in total. The average Bonchev–Trinajstić information content (AvgIpc) is 3.45. The van der Waals surface area contributed by atoms with Gasteiger partial charge in [0.15, 0.2) is 11.3 Å². The number of hydrogen-bond acceptors (Lipinski definition) is 13. The smallest absolute Gasteiger partial charge is 0.350 e. The van der Waals surface area contributed by atoms with Gasteiger partial charge in [0.05, 0.1) is 43.1 Å². The molecule has 2 heterocycles. The van der Waals surface area contributed by atoms with E-state index in [1.807, 2.05) is 6.07 Å². The normalized spacial score (nSPS) is 16.4. The predicted molar refractivity (Wildman–Crippen MR) is 135 cm³/mol. The number of carbonyl (C=O) groups excluding carboxylic acids is 3. The van der Waals surface area contributed by atoms with E-state index in [-0.39, 0.29) is 36.7 Å². The molecule has 1 aromatic carbocycles. The van der Waals surface area contributed by atoms with Gasteiger partial charge in [0, 0.05) is 23.1 Å². The Bertz CT molecular complexity index is 1220. The maximum absolute atomic E-state index is 12.4. The number of thioether (sulfide) groups is 4. The largest absolute Gasteiger partial charge is 0.462 e. The topological polar surface area (TPSA) is 136 Å². The van der Waals surface area contributed by atoms with Crippen LogP contribution in [0.5, 0.6) is 5.75 Å². The summed E-state index contributed by atoms with van der Waals surface area (Å²) in [6.45, 7) is 6.49. The van der Waals surface area contributed by atoms with Crippen molar-refractivity contribution in [3.63, 3.8) is 0 Å². The van der Waals surface area contributed by atoms with Crippen molar-refractivity contribution in [2.45, 2.75) is 53.7 Å². The van der Waals surface area contributed by atoms with Crippen LogP contribution in [0.15, 0.2) is 39.2 Å². The van der Waals surface area contributed by atoms with Gasteiger partial charge in [-0.3, -0.25) is 9.59 Å². The number of ether oxygens (including phenoxy) is 2. The molecule has 0 saturated carbocycles. The van der Waals surface area contributed by atoms with E-state index >= 15 is 0 Å². The van der Waals surface area contributed by atoms with Crippen LogP contribution in [0.25, 0.3) is 0 Å². The molecule has 9 nitrogen and oxygen atoms in total. The highest BCUT2D eigenvalue weighted by Crippen LogP contribution is 2.66. The summed E-state index contributed by atoms with van der Waals surface area (Å²) >= 11 is 4.78. The van der Waals surface area contributed by atoms with Gasteiger partial charge in [0.25, 0.3) is 0 Å². The number of hydrogen-bond donors (Lipinski definition) is 0. The lowest BCUT2D eigenvalue weighted by atomic mass is 10.1. The highest BCUT2D eigenvalue weighted by molar-refractivity contribution is 8.25. The maximum Gasteiger partial charge on any atom is 0.350 e. The van der Waals surface area contributed by atoms with E-state index in [2.05, 4.69) is 6.07 Å². The summed E-state index contributed by atoms with van der Waals surface area (Å²) in [6, 6.07) is 4.03. The summed E-state index contributed by atoms with van der Waals surface area (Å²) < 4.78 is 11.6. The van der Waals surface area contributed by atoms with Crippen LogP contribution in [-0.2, 0) is 35.3 Å². The second-order valence-corrected chi connectivity index (χ2v) is 11.6. The quantitative estimate of drug-likeness (QED) is 0.0745. The van der Waals surface area contributed by atoms with Crippen molar-refractivity contribution in [2.24, 2.45) is 0 Å². The van der Waals surface area contributed by atoms with Crippen molar-refractivity contribution in [3.8, 4) is 17.9 Å². The van der Waals surface area contributed by atoms with Crippen molar-refractivity contribution in [1.82, 2.24) is 0 Å². The molecular formula is C23H20N2O7S4. The summed E-state index contributed by atoms with van der Waals surface area (Å²) in [5, 5.41) is 19.3. The minimum atomic E-state index is -0.751. The Kier molecular flexibility index (Phi) is 9.96. The second kappa shape index (κ2) is 12.7. The third-order valence-corrected chi connectivity index (χ3v) is 9.80. The van der Waals surface area contributed by atoms with Crippen LogP contribution >= 0.6 is 47.0 Å². The number of ketones is 1.